The van der Waals surface area contributed by atoms with E-state index in [0.29, 0.717) is 6.54 Å². The van der Waals surface area contributed by atoms with Gasteiger partial charge in [0.05, 0.1) is 6.54 Å². The zero-order valence-electron chi connectivity index (χ0n) is 10.1. The van der Waals surface area contributed by atoms with Crippen molar-refractivity contribution in [2.75, 3.05) is 11.9 Å². The zero-order chi connectivity index (χ0) is 14.0. The Bertz CT molecular complexity index is 493. The van der Waals surface area contributed by atoms with Gasteiger partial charge in [-0.25, -0.2) is 17.6 Å². The van der Waals surface area contributed by atoms with Gasteiger partial charge in [0.15, 0.2) is 28.4 Å². The van der Waals surface area contributed by atoms with Crippen LogP contribution in [0.15, 0.2) is 11.1 Å². The summed E-state index contributed by atoms with van der Waals surface area (Å²) in [6.07, 6.45) is 1.89. The first-order valence-electron chi connectivity index (χ1n) is 5.84. The Morgan fingerprint density at radius 3 is 2.47 bits per heavy atom. The molecule has 104 valence electrons. The van der Waals surface area contributed by atoms with Crippen LogP contribution in [0.4, 0.5) is 23.2 Å². The van der Waals surface area contributed by atoms with E-state index < -0.39 is 29.0 Å². The van der Waals surface area contributed by atoms with E-state index in [0.717, 1.165) is 12.8 Å². The summed E-state index contributed by atoms with van der Waals surface area (Å²) in [6, 6.07) is 0.180. The average Bonchev–Trinajstić information content (AvgIpc) is 2.80. The Morgan fingerprint density at radius 1 is 1.26 bits per heavy atom. The summed E-state index contributed by atoms with van der Waals surface area (Å²) in [7, 11) is 0. The molecule has 0 bridgehead atoms. The van der Waals surface area contributed by atoms with Gasteiger partial charge in [-0.2, -0.15) is 0 Å². The number of benzene rings is 1. The highest BCUT2D eigenvalue weighted by molar-refractivity contribution is 8.15. The molecule has 0 amide bonds. The molecule has 1 aliphatic rings. The van der Waals surface area contributed by atoms with Crippen LogP contribution in [0.25, 0.3) is 0 Å². The first-order chi connectivity index (χ1) is 9.02. The zero-order valence-corrected chi connectivity index (χ0v) is 11.0. The van der Waals surface area contributed by atoms with E-state index >= 15 is 0 Å². The van der Waals surface area contributed by atoms with E-state index in [2.05, 4.69) is 10.3 Å². The maximum Gasteiger partial charge on any atom is 0.185 e. The number of anilines is 1. The second-order valence-electron chi connectivity index (χ2n) is 4.14. The topological polar surface area (TPSA) is 24.4 Å². The van der Waals surface area contributed by atoms with Crippen molar-refractivity contribution >= 4 is 22.6 Å². The molecule has 0 radical (unpaired) electrons. The fraction of sp³-hybridized carbons (Fsp3) is 0.417. The highest BCUT2D eigenvalue weighted by Gasteiger charge is 2.24. The van der Waals surface area contributed by atoms with Crippen molar-refractivity contribution in [3.8, 4) is 0 Å². The van der Waals surface area contributed by atoms with Gasteiger partial charge in [-0.1, -0.05) is 25.1 Å². The Hall–Kier alpha value is -1.24. The molecule has 0 aromatic heterocycles. The lowest BCUT2D eigenvalue weighted by atomic mass is 10.2. The number of hydrogen-bond donors (Lipinski definition) is 1. The number of thioether (sulfide) groups is 1. The molecule has 1 unspecified atom stereocenters. The van der Waals surface area contributed by atoms with Crippen LogP contribution in [-0.2, 0) is 0 Å². The predicted molar refractivity (Wildman–Crippen MR) is 68.5 cm³/mol. The molecule has 1 aliphatic heterocycles. The van der Waals surface area contributed by atoms with E-state index in [-0.39, 0.29) is 16.5 Å². The van der Waals surface area contributed by atoms with Gasteiger partial charge in [0.25, 0.3) is 0 Å². The largest absolute Gasteiger partial charge is 0.330 e. The standard InChI is InChI=1S/C12H12F4N2S/c1-2-3-6-5-17-12(19-6)18-11-9(15)7(13)4-8(14)10(11)16/h4,6H,2-3,5H2,1H3,(H,17,18). The van der Waals surface area contributed by atoms with E-state index in [1.807, 2.05) is 6.92 Å². The lowest BCUT2D eigenvalue weighted by Crippen LogP contribution is -2.12. The van der Waals surface area contributed by atoms with Crippen molar-refractivity contribution < 1.29 is 17.6 Å². The van der Waals surface area contributed by atoms with E-state index in [1.165, 1.54) is 11.8 Å². The molecule has 0 aliphatic carbocycles. The minimum Gasteiger partial charge on any atom is -0.330 e. The summed E-state index contributed by atoms with van der Waals surface area (Å²) < 4.78 is 52.9. The van der Waals surface area contributed by atoms with Crippen LogP contribution in [-0.4, -0.2) is 17.0 Å². The van der Waals surface area contributed by atoms with Crippen LogP contribution in [0.1, 0.15) is 19.8 Å². The van der Waals surface area contributed by atoms with Gasteiger partial charge in [-0.15, -0.1) is 0 Å². The maximum atomic E-state index is 13.4. The van der Waals surface area contributed by atoms with Crippen molar-refractivity contribution in [3.05, 3.63) is 29.3 Å². The van der Waals surface area contributed by atoms with E-state index in [4.69, 9.17) is 0 Å². The molecule has 1 atom stereocenters. The predicted octanol–water partition coefficient (Wildman–Crippen LogP) is 3.93. The SMILES string of the molecule is CCCC1CN=C(Nc2c(F)c(F)cc(F)c2F)S1. The molecule has 2 nitrogen and oxygen atoms in total. The van der Waals surface area contributed by atoms with Crippen molar-refractivity contribution in [1.29, 1.82) is 0 Å². The highest BCUT2D eigenvalue weighted by Crippen LogP contribution is 2.29. The number of halogens is 4. The maximum absolute atomic E-state index is 13.4. The lowest BCUT2D eigenvalue weighted by Gasteiger charge is -2.10. The molecule has 19 heavy (non-hydrogen) atoms. The van der Waals surface area contributed by atoms with Gasteiger partial charge >= 0.3 is 0 Å². The first kappa shape index (κ1) is 14.2. The lowest BCUT2D eigenvalue weighted by molar-refractivity contribution is 0.459. The van der Waals surface area contributed by atoms with Gasteiger partial charge < -0.3 is 5.32 Å². The summed E-state index contributed by atoms with van der Waals surface area (Å²) >= 11 is 1.32. The van der Waals surface area contributed by atoms with Gasteiger partial charge in [0.1, 0.15) is 5.69 Å². The van der Waals surface area contributed by atoms with Gasteiger partial charge in [0, 0.05) is 11.3 Å². The van der Waals surface area contributed by atoms with Crippen LogP contribution in [0.2, 0.25) is 0 Å². The minimum absolute atomic E-state index is 0.180. The molecule has 7 heteroatoms. The Morgan fingerprint density at radius 2 is 1.89 bits per heavy atom. The number of amidine groups is 1. The van der Waals surface area contributed by atoms with Crippen molar-refractivity contribution in [2.24, 2.45) is 4.99 Å². The molecular formula is C12H12F4N2S. The smallest absolute Gasteiger partial charge is 0.185 e. The third-order valence-electron chi connectivity index (χ3n) is 2.67. The molecule has 0 fully saturated rings. The second-order valence-corrected chi connectivity index (χ2v) is 5.43. The molecular weight excluding hydrogens is 280 g/mol. The molecule has 0 spiro atoms. The Labute approximate surface area is 112 Å². The normalized spacial score (nSPS) is 18.6. The minimum atomic E-state index is -1.44. The van der Waals surface area contributed by atoms with Gasteiger partial charge in [-0.3, -0.25) is 4.99 Å². The summed E-state index contributed by atoms with van der Waals surface area (Å²) in [5.41, 5.74) is -0.833. The van der Waals surface area contributed by atoms with Crippen molar-refractivity contribution in [3.63, 3.8) is 0 Å². The van der Waals surface area contributed by atoms with Crippen LogP contribution in [0.5, 0.6) is 0 Å². The van der Waals surface area contributed by atoms with Crippen molar-refractivity contribution in [2.45, 2.75) is 25.0 Å². The Kier molecular flexibility index (Phi) is 4.34. The third kappa shape index (κ3) is 3.02. The van der Waals surface area contributed by atoms with Gasteiger partial charge in [-0.05, 0) is 6.42 Å². The summed E-state index contributed by atoms with van der Waals surface area (Å²) in [4.78, 5) is 4.06. The molecule has 1 heterocycles. The molecule has 1 aromatic carbocycles. The fourth-order valence-electron chi connectivity index (χ4n) is 1.75. The van der Waals surface area contributed by atoms with E-state index in [9.17, 15) is 17.6 Å². The van der Waals surface area contributed by atoms with Crippen LogP contribution >= 0.6 is 11.8 Å². The number of rotatable bonds is 3. The molecule has 1 N–H and O–H groups in total. The fourth-order valence-corrected chi connectivity index (χ4v) is 2.88. The first-order valence-corrected chi connectivity index (χ1v) is 6.72. The quantitative estimate of drug-likeness (QED) is 0.674. The van der Waals surface area contributed by atoms with Crippen LogP contribution < -0.4 is 5.32 Å². The summed E-state index contributed by atoms with van der Waals surface area (Å²) in [5, 5.41) is 2.84. The summed E-state index contributed by atoms with van der Waals surface area (Å²) in [6.45, 7) is 2.55. The Balaban J connectivity index is 2.17. The third-order valence-corrected chi connectivity index (χ3v) is 3.84. The van der Waals surface area contributed by atoms with Gasteiger partial charge in [0.2, 0.25) is 0 Å². The van der Waals surface area contributed by atoms with Crippen LogP contribution in [0.3, 0.4) is 0 Å². The number of aliphatic imine (C=N–C) groups is 1. The molecule has 2 rings (SSSR count). The second kappa shape index (κ2) is 5.81. The average molecular weight is 292 g/mol. The monoisotopic (exact) mass is 292 g/mol. The number of nitrogens with zero attached hydrogens (tertiary/aromatic N) is 1. The summed E-state index contributed by atoms with van der Waals surface area (Å²) in [5.74, 6) is -5.76. The molecule has 0 saturated heterocycles. The highest BCUT2D eigenvalue weighted by atomic mass is 32.2. The molecule has 0 saturated carbocycles. The number of hydrogen-bond acceptors (Lipinski definition) is 3. The number of nitrogens with one attached hydrogen (secondary N) is 1. The van der Waals surface area contributed by atoms with Crippen LogP contribution in [0, 0.1) is 23.3 Å². The van der Waals surface area contributed by atoms with Crippen molar-refractivity contribution in [1.82, 2.24) is 0 Å². The van der Waals surface area contributed by atoms with E-state index in [1.54, 1.807) is 0 Å². The molecule has 1 aromatic rings.